The Morgan fingerprint density at radius 1 is 1.08 bits per heavy atom. The molecule has 0 N–H and O–H groups in total. The zero-order valence-corrected chi connectivity index (χ0v) is 30.5. The van der Waals surface area contributed by atoms with Gasteiger partial charge in [0.2, 0.25) is 0 Å². The molecule has 1 aliphatic carbocycles. The summed E-state index contributed by atoms with van der Waals surface area (Å²) in [5.74, 6) is 1.39. The third-order valence-electron chi connectivity index (χ3n) is 10.8. The van der Waals surface area contributed by atoms with Gasteiger partial charge in [-0.25, -0.2) is 19.4 Å². The van der Waals surface area contributed by atoms with E-state index in [1.807, 2.05) is 44.3 Å². The van der Waals surface area contributed by atoms with Crippen LogP contribution in [0.3, 0.4) is 0 Å². The predicted octanol–water partition coefficient (Wildman–Crippen LogP) is 8.32. The van der Waals surface area contributed by atoms with Gasteiger partial charge in [-0.1, -0.05) is 18.7 Å². The van der Waals surface area contributed by atoms with Crippen LogP contribution in [-0.2, 0) is 15.9 Å². The third-order valence-corrected chi connectivity index (χ3v) is 12.5. The molecule has 10 nitrogen and oxygen atoms in total. The van der Waals surface area contributed by atoms with Crippen LogP contribution in [0.1, 0.15) is 89.5 Å². The Morgan fingerprint density at radius 3 is 2.63 bits per heavy atom. The highest BCUT2D eigenvalue weighted by atomic mass is 32.2. The minimum absolute atomic E-state index is 0.0297. The summed E-state index contributed by atoms with van der Waals surface area (Å²) in [5, 5.41) is 9.06. The maximum atomic E-state index is 13.3. The number of fused-ring (bicyclic) bond motifs is 7. The smallest absolute Gasteiger partial charge is 0.410 e. The summed E-state index contributed by atoms with van der Waals surface area (Å²) in [7, 11) is 0. The second kappa shape index (κ2) is 11.8. The molecule has 3 fully saturated rings. The first kappa shape index (κ1) is 31.5. The van der Waals surface area contributed by atoms with Crippen LogP contribution in [0.15, 0.2) is 29.7 Å². The van der Waals surface area contributed by atoms with Gasteiger partial charge in [-0.05, 0) is 101 Å². The summed E-state index contributed by atoms with van der Waals surface area (Å²) in [5.41, 5.74) is 5.63. The van der Waals surface area contributed by atoms with Gasteiger partial charge in [-0.2, -0.15) is 5.10 Å². The normalized spacial score (nSPS) is 24.0. The lowest BCUT2D eigenvalue weighted by Crippen LogP contribution is -2.57. The summed E-state index contributed by atoms with van der Waals surface area (Å²) in [6.45, 7) is 10.4. The van der Waals surface area contributed by atoms with Crippen molar-refractivity contribution < 1.29 is 14.3 Å². The van der Waals surface area contributed by atoms with Gasteiger partial charge in [0.25, 0.3) is 0 Å². The van der Waals surface area contributed by atoms with E-state index in [9.17, 15) is 4.79 Å². The number of thiophene rings is 1. The number of piperazine rings is 1. The Bertz CT molecular complexity index is 2100. The number of thioether (sulfide) groups is 1. The van der Waals surface area contributed by atoms with Crippen molar-refractivity contribution in [3.63, 3.8) is 0 Å². The second-order valence-corrected chi connectivity index (χ2v) is 16.9. The van der Waals surface area contributed by atoms with E-state index in [2.05, 4.69) is 28.6 Å². The van der Waals surface area contributed by atoms with Crippen molar-refractivity contribution in [2.45, 2.75) is 108 Å². The molecule has 4 aliphatic rings. The number of hydrogen-bond donors (Lipinski definition) is 0. The van der Waals surface area contributed by atoms with E-state index < -0.39 is 5.60 Å². The van der Waals surface area contributed by atoms with E-state index in [0.717, 1.165) is 113 Å². The highest BCUT2D eigenvalue weighted by molar-refractivity contribution is 7.98. The van der Waals surface area contributed by atoms with Crippen molar-refractivity contribution in [3.05, 3.63) is 35.7 Å². The van der Waals surface area contributed by atoms with Crippen LogP contribution in [-0.4, -0.2) is 79.4 Å². The summed E-state index contributed by atoms with van der Waals surface area (Å²) in [6, 6.07) is 4.68. The maximum absolute atomic E-state index is 13.3. The number of hydrogen-bond acceptors (Lipinski definition) is 10. The molecule has 4 atom stereocenters. The Hall–Kier alpha value is -3.48. The van der Waals surface area contributed by atoms with Gasteiger partial charge >= 0.3 is 6.09 Å². The van der Waals surface area contributed by atoms with Crippen LogP contribution < -0.4 is 4.90 Å². The molecule has 49 heavy (non-hydrogen) atoms. The Labute approximate surface area is 294 Å². The van der Waals surface area contributed by atoms with Crippen LogP contribution in [0.2, 0.25) is 0 Å². The molecular weight excluding hydrogens is 655 g/mol. The number of nitrogens with zero attached hydrogens (tertiary/aromatic N) is 7. The van der Waals surface area contributed by atoms with Gasteiger partial charge in [0.15, 0.2) is 11.4 Å². The molecule has 0 spiro atoms. The van der Waals surface area contributed by atoms with E-state index in [1.165, 1.54) is 16.7 Å². The van der Waals surface area contributed by atoms with Gasteiger partial charge in [0, 0.05) is 42.2 Å². The number of carbonyl (C=O) groups excluding carboxylic acids is 1. The topological polar surface area (TPSA) is 98.5 Å². The van der Waals surface area contributed by atoms with Crippen LogP contribution in [0.25, 0.3) is 42.5 Å². The number of carbonyl (C=O) groups is 1. The average molecular weight is 698 g/mol. The van der Waals surface area contributed by atoms with Crippen molar-refractivity contribution in [1.82, 2.24) is 29.6 Å². The van der Waals surface area contributed by atoms with E-state index in [1.54, 1.807) is 23.1 Å². The standard InChI is InChI=1S/C37H43N7O3S2/c1-20-9-10-21-16-26-25(17-39-44(26)27-8-6-7-15-46-27)29(28(20)21)31-32-24(13-14-38-31)30-33(40-35(48-5)41-34(30)49-32)42-18-22-11-12-23(19-42)43(22)36(45)47-37(2,3)4/h13-14,16-17,20,22-23,27H,6-12,15,18-19H2,1-5H3. The molecular formula is C37H43N7O3S2. The molecule has 3 aliphatic heterocycles. The molecule has 5 aromatic rings. The van der Waals surface area contributed by atoms with Gasteiger partial charge < -0.3 is 14.4 Å². The van der Waals surface area contributed by atoms with Gasteiger partial charge in [-0.3, -0.25) is 9.88 Å². The second-order valence-electron chi connectivity index (χ2n) is 15.1. The van der Waals surface area contributed by atoms with E-state index >= 15 is 0 Å². The largest absolute Gasteiger partial charge is 0.444 e. The minimum Gasteiger partial charge on any atom is -0.444 e. The number of benzene rings is 1. The molecule has 4 aromatic heterocycles. The summed E-state index contributed by atoms with van der Waals surface area (Å²) < 4.78 is 15.3. The van der Waals surface area contributed by atoms with Gasteiger partial charge in [0.05, 0.1) is 39.6 Å². The molecule has 7 heterocycles. The number of aryl methyl sites for hydroxylation is 1. The molecule has 12 heteroatoms. The lowest BCUT2D eigenvalue weighted by molar-refractivity contribution is -0.0366. The van der Waals surface area contributed by atoms with Crippen LogP contribution in [0, 0.1) is 0 Å². The molecule has 1 aromatic carbocycles. The molecule has 256 valence electrons. The van der Waals surface area contributed by atoms with Crippen molar-refractivity contribution in [1.29, 1.82) is 0 Å². The fourth-order valence-electron chi connectivity index (χ4n) is 8.70. The van der Waals surface area contributed by atoms with Crippen molar-refractivity contribution in [3.8, 4) is 11.3 Å². The molecule has 1 amide bonds. The number of rotatable bonds is 4. The number of aromatic nitrogens is 5. The van der Waals surface area contributed by atoms with E-state index in [4.69, 9.17) is 29.5 Å². The molecule has 0 saturated carbocycles. The number of ether oxygens (including phenoxy) is 2. The van der Waals surface area contributed by atoms with E-state index in [-0.39, 0.29) is 24.4 Å². The Morgan fingerprint density at radius 2 is 1.90 bits per heavy atom. The first-order chi connectivity index (χ1) is 23.7. The Kier molecular flexibility index (Phi) is 7.59. The van der Waals surface area contributed by atoms with Crippen LogP contribution in [0.5, 0.6) is 0 Å². The van der Waals surface area contributed by atoms with Crippen molar-refractivity contribution in [2.24, 2.45) is 0 Å². The molecule has 4 unspecified atom stereocenters. The average Bonchev–Trinajstić information content (AvgIpc) is 3.85. The molecule has 2 bridgehead atoms. The molecule has 0 radical (unpaired) electrons. The highest BCUT2D eigenvalue weighted by Gasteiger charge is 2.45. The fraction of sp³-hybridized carbons (Fsp3) is 0.541. The number of amides is 1. The van der Waals surface area contributed by atoms with Gasteiger partial charge in [-0.15, -0.1) is 11.3 Å². The summed E-state index contributed by atoms with van der Waals surface area (Å²) >= 11 is 3.29. The number of pyridine rings is 1. The maximum Gasteiger partial charge on any atom is 0.410 e. The van der Waals surface area contributed by atoms with Crippen LogP contribution >= 0.6 is 23.1 Å². The highest BCUT2D eigenvalue weighted by Crippen LogP contribution is 2.49. The lowest BCUT2D eigenvalue weighted by Gasteiger charge is -2.42. The van der Waals surface area contributed by atoms with Crippen molar-refractivity contribution >= 4 is 66.2 Å². The quantitative estimate of drug-likeness (QED) is 0.136. The zero-order valence-electron chi connectivity index (χ0n) is 28.9. The number of anilines is 1. The third kappa shape index (κ3) is 5.19. The lowest BCUT2D eigenvalue weighted by atomic mass is 9.91. The summed E-state index contributed by atoms with van der Waals surface area (Å²) in [4.78, 5) is 34.0. The summed E-state index contributed by atoms with van der Waals surface area (Å²) in [6.07, 6.45) is 13.2. The Balaban J connectivity index is 1.19. The van der Waals surface area contributed by atoms with Crippen molar-refractivity contribution in [2.75, 3.05) is 30.9 Å². The first-order valence-electron chi connectivity index (χ1n) is 17.7. The zero-order chi connectivity index (χ0) is 33.6. The van der Waals surface area contributed by atoms with E-state index in [0.29, 0.717) is 5.92 Å². The minimum atomic E-state index is -0.522. The molecule has 9 rings (SSSR count). The van der Waals surface area contributed by atoms with Gasteiger partial charge in [0.1, 0.15) is 16.2 Å². The monoisotopic (exact) mass is 697 g/mol. The SMILES string of the molecule is CSc1nc(N2CC3CCC(C2)N3C(=O)OC(C)(C)C)c2c(n1)sc1c(-c3c4c(cc5c3cnn5C3CCCCO3)CCC4C)nccc12. The van der Waals surface area contributed by atoms with Crippen LogP contribution in [0.4, 0.5) is 10.6 Å². The fourth-order valence-corrected chi connectivity index (χ4v) is 10.3. The first-order valence-corrected chi connectivity index (χ1v) is 19.8. The molecule has 3 saturated heterocycles. The predicted molar refractivity (Wildman–Crippen MR) is 196 cm³/mol.